The van der Waals surface area contributed by atoms with E-state index in [1.54, 1.807) is 18.2 Å². The lowest BCUT2D eigenvalue weighted by atomic mass is 9.92. The zero-order valence-electron chi connectivity index (χ0n) is 14.8. The predicted molar refractivity (Wildman–Crippen MR) is 96.4 cm³/mol. The number of hydrogen-bond acceptors (Lipinski definition) is 4. The third kappa shape index (κ3) is 6.67. The fourth-order valence-corrected chi connectivity index (χ4v) is 2.82. The van der Waals surface area contributed by atoms with Gasteiger partial charge in [0, 0.05) is 32.5 Å². The zero-order chi connectivity index (χ0) is 19.3. The van der Waals surface area contributed by atoms with Gasteiger partial charge in [-0.2, -0.15) is 13.2 Å². The highest BCUT2D eigenvalue weighted by atomic mass is 35.5. The number of nitrogens with one attached hydrogen (secondary N) is 1. The highest BCUT2D eigenvalue weighted by molar-refractivity contribution is 5.95. The second-order valence-electron chi connectivity index (χ2n) is 6.32. The molecule has 6 nitrogen and oxygen atoms in total. The Kier molecular flexibility index (Phi) is 8.52. The topological polar surface area (TPSA) is 84.7 Å². The van der Waals surface area contributed by atoms with Gasteiger partial charge in [0.15, 0.2) is 0 Å². The minimum atomic E-state index is -4.92. The van der Waals surface area contributed by atoms with Crippen molar-refractivity contribution in [2.45, 2.75) is 31.6 Å². The number of ether oxygens (including phenoxy) is 1. The number of hydrogen-bond donors (Lipinski definition) is 2. The molecular formula is C17H23ClF3N3O3. The molecule has 0 bridgehead atoms. The molecule has 1 aliphatic rings. The summed E-state index contributed by atoms with van der Waals surface area (Å²) in [6, 6.07) is 5.63. The van der Waals surface area contributed by atoms with Crippen molar-refractivity contribution in [2.24, 2.45) is 11.7 Å². The highest BCUT2D eigenvalue weighted by Crippen LogP contribution is 2.21. The average Bonchev–Trinajstić information content (AvgIpc) is 2.60. The molecule has 3 N–H and O–H groups in total. The van der Waals surface area contributed by atoms with Gasteiger partial charge in [0.05, 0.1) is 6.04 Å². The van der Waals surface area contributed by atoms with Crippen molar-refractivity contribution in [3.05, 3.63) is 29.8 Å². The van der Waals surface area contributed by atoms with Gasteiger partial charge in [-0.05, 0) is 36.5 Å². The van der Waals surface area contributed by atoms with Crippen LogP contribution in [0, 0.1) is 5.92 Å². The van der Waals surface area contributed by atoms with Crippen molar-refractivity contribution < 1.29 is 27.5 Å². The number of carbonyl (C=O) groups is 2. The fourth-order valence-electron chi connectivity index (χ4n) is 2.82. The number of alkyl halides is 3. The molecule has 152 valence electrons. The summed E-state index contributed by atoms with van der Waals surface area (Å²) in [5.74, 6) is -2.25. The molecule has 1 fully saturated rings. The normalized spacial score (nSPS) is 16.2. The first-order valence-corrected chi connectivity index (χ1v) is 8.24. The van der Waals surface area contributed by atoms with Crippen molar-refractivity contribution in [3.63, 3.8) is 0 Å². The van der Waals surface area contributed by atoms with Gasteiger partial charge < -0.3 is 20.7 Å². The Morgan fingerprint density at radius 2 is 1.96 bits per heavy atom. The molecule has 2 rings (SSSR count). The van der Waals surface area contributed by atoms with Gasteiger partial charge >= 0.3 is 12.1 Å². The molecule has 0 radical (unpaired) electrons. The van der Waals surface area contributed by atoms with Gasteiger partial charge in [0.1, 0.15) is 0 Å². The van der Waals surface area contributed by atoms with Crippen LogP contribution in [0.15, 0.2) is 24.3 Å². The Labute approximate surface area is 161 Å². The number of amides is 2. The average molecular weight is 410 g/mol. The zero-order valence-corrected chi connectivity index (χ0v) is 15.6. The monoisotopic (exact) mass is 409 g/mol. The minimum Gasteiger partial charge on any atom is -0.381 e. The second-order valence-corrected chi connectivity index (χ2v) is 6.32. The van der Waals surface area contributed by atoms with E-state index in [2.05, 4.69) is 5.32 Å². The second kappa shape index (κ2) is 9.91. The fraction of sp³-hybridized carbons (Fsp3) is 0.529. The van der Waals surface area contributed by atoms with E-state index >= 15 is 0 Å². The Balaban J connectivity index is 0.00000364. The third-order valence-corrected chi connectivity index (χ3v) is 4.28. The van der Waals surface area contributed by atoms with E-state index in [4.69, 9.17) is 10.5 Å². The van der Waals surface area contributed by atoms with E-state index in [0.717, 1.165) is 7.05 Å². The lowest BCUT2D eigenvalue weighted by molar-refractivity contribution is -0.184. The third-order valence-electron chi connectivity index (χ3n) is 4.28. The summed E-state index contributed by atoms with van der Waals surface area (Å²) in [5, 5.41) is 2.68. The lowest BCUT2D eigenvalue weighted by Crippen LogP contribution is -2.44. The van der Waals surface area contributed by atoms with Gasteiger partial charge in [0.2, 0.25) is 5.91 Å². The molecule has 1 unspecified atom stereocenters. The number of benzene rings is 1. The molecule has 1 saturated heterocycles. The van der Waals surface area contributed by atoms with Gasteiger partial charge in [0.25, 0.3) is 0 Å². The van der Waals surface area contributed by atoms with E-state index < -0.39 is 18.1 Å². The summed E-state index contributed by atoms with van der Waals surface area (Å²) in [5.41, 5.74) is 6.88. The first kappa shape index (κ1) is 23.2. The van der Waals surface area contributed by atoms with E-state index in [0.29, 0.717) is 42.2 Å². The Morgan fingerprint density at radius 1 is 1.33 bits per heavy atom. The van der Waals surface area contributed by atoms with Crippen LogP contribution in [-0.2, 0) is 20.9 Å². The number of nitrogens with zero attached hydrogens (tertiary/aromatic N) is 1. The largest absolute Gasteiger partial charge is 0.471 e. The van der Waals surface area contributed by atoms with Crippen LogP contribution >= 0.6 is 12.4 Å². The maximum absolute atomic E-state index is 12.4. The molecule has 0 saturated carbocycles. The number of carbonyl (C=O) groups excluding carboxylic acids is 2. The molecule has 0 aliphatic carbocycles. The van der Waals surface area contributed by atoms with Gasteiger partial charge in [-0.3, -0.25) is 9.59 Å². The first-order chi connectivity index (χ1) is 12.2. The lowest BCUT2D eigenvalue weighted by Gasteiger charge is -2.26. The molecule has 1 aromatic carbocycles. The van der Waals surface area contributed by atoms with Crippen LogP contribution in [0.2, 0.25) is 0 Å². The summed E-state index contributed by atoms with van der Waals surface area (Å²) >= 11 is 0. The quantitative estimate of drug-likeness (QED) is 0.781. The maximum atomic E-state index is 12.4. The van der Waals surface area contributed by atoms with E-state index in [-0.39, 0.29) is 30.8 Å². The van der Waals surface area contributed by atoms with E-state index in [1.807, 2.05) is 0 Å². The number of nitrogens with two attached hydrogens (primary N) is 1. The highest BCUT2D eigenvalue weighted by Gasteiger charge is 2.41. The molecule has 0 aromatic heterocycles. The first-order valence-electron chi connectivity index (χ1n) is 8.24. The molecule has 1 aliphatic heterocycles. The number of anilines is 1. The van der Waals surface area contributed by atoms with Gasteiger partial charge in [-0.15, -0.1) is 12.4 Å². The summed E-state index contributed by atoms with van der Waals surface area (Å²) < 4.78 is 42.6. The Morgan fingerprint density at radius 3 is 2.56 bits per heavy atom. The van der Waals surface area contributed by atoms with Crippen LogP contribution in [0.5, 0.6) is 0 Å². The molecule has 2 amide bonds. The number of rotatable bonds is 5. The molecule has 0 spiro atoms. The van der Waals surface area contributed by atoms with Gasteiger partial charge in [-0.25, -0.2) is 0 Å². The maximum Gasteiger partial charge on any atom is 0.471 e. The van der Waals surface area contributed by atoms with E-state index in [1.165, 1.54) is 6.07 Å². The van der Waals surface area contributed by atoms with Crippen molar-refractivity contribution in [2.75, 3.05) is 25.6 Å². The van der Waals surface area contributed by atoms with Crippen LogP contribution in [0.1, 0.15) is 18.4 Å². The Hall–Kier alpha value is -1.84. The molecule has 1 aromatic rings. The molecule has 27 heavy (non-hydrogen) atoms. The SMILES string of the molecule is CN(Cc1cccc(NC(=O)C(N)C2CCOCC2)c1)C(=O)C(F)(F)F.Cl. The molecule has 1 atom stereocenters. The van der Waals surface area contributed by atoms with Crippen LogP contribution in [0.3, 0.4) is 0 Å². The summed E-state index contributed by atoms with van der Waals surface area (Å²) in [4.78, 5) is 24.1. The predicted octanol–water partition coefficient (Wildman–Crippen LogP) is 2.32. The van der Waals surface area contributed by atoms with Crippen LogP contribution in [0.25, 0.3) is 0 Å². The molecule has 1 heterocycles. The van der Waals surface area contributed by atoms with Crippen molar-refractivity contribution in [3.8, 4) is 0 Å². The molecule has 10 heteroatoms. The summed E-state index contributed by atoms with van der Waals surface area (Å²) in [7, 11) is 1.07. The van der Waals surface area contributed by atoms with Crippen molar-refractivity contribution in [1.82, 2.24) is 4.90 Å². The van der Waals surface area contributed by atoms with Gasteiger partial charge in [-0.1, -0.05) is 12.1 Å². The Bertz CT molecular complexity index is 652. The van der Waals surface area contributed by atoms with Crippen LogP contribution < -0.4 is 11.1 Å². The van der Waals surface area contributed by atoms with Crippen LogP contribution in [0.4, 0.5) is 18.9 Å². The molecular weight excluding hydrogens is 387 g/mol. The van der Waals surface area contributed by atoms with Crippen LogP contribution in [-0.4, -0.2) is 49.2 Å². The summed E-state index contributed by atoms with van der Waals surface area (Å²) in [6.45, 7) is 0.912. The smallest absolute Gasteiger partial charge is 0.381 e. The van der Waals surface area contributed by atoms with Crippen molar-refractivity contribution >= 4 is 29.9 Å². The number of halogens is 4. The van der Waals surface area contributed by atoms with Crippen molar-refractivity contribution in [1.29, 1.82) is 0 Å². The summed E-state index contributed by atoms with van der Waals surface area (Å²) in [6.07, 6.45) is -3.50. The minimum absolute atomic E-state index is 0. The van der Waals surface area contributed by atoms with E-state index in [9.17, 15) is 22.8 Å². The standard InChI is InChI=1S/C17H22F3N3O3.ClH/c1-23(16(25)17(18,19)20)10-11-3-2-4-13(9-11)22-15(24)14(21)12-5-7-26-8-6-12;/h2-4,9,12,14H,5-8,10,21H2,1H3,(H,22,24);1H.